The summed E-state index contributed by atoms with van der Waals surface area (Å²) in [4.78, 5) is 10.2. The second-order valence-corrected chi connectivity index (χ2v) is 3.19. The van der Waals surface area contributed by atoms with E-state index in [9.17, 15) is 18.0 Å². The molecule has 0 heterocycles. The summed E-state index contributed by atoms with van der Waals surface area (Å²) in [7, 11) is 0. The monoisotopic (exact) mass is 218 g/mol. The fourth-order valence-electron chi connectivity index (χ4n) is 1.29. The lowest BCUT2D eigenvalue weighted by Crippen LogP contribution is -2.20. The van der Waals surface area contributed by atoms with E-state index in [2.05, 4.69) is 0 Å². The highest BCUT2D eigenvalue weighted by molar-refractivity contribution is 5.68. The molecule has 1 aromatic carbocycles. The summed E-state index contributed by atoms with van der Waals surface area (Å²) in [6, 6.07) is 3.21. The molecule has 1 rings (SSSR count). The number of carboxylic acids is 1. The topological polar surface area (TPSA) is 37.3 Å². The van der Waals surface area contributed by atoms with Crippen molar-refractivity contribution in [3.05, 3.63) is 35.1 Å². The maximum absolute atomic E-state index is 13.3. The van der Waals surface area contributed by atoms with Gasteiger partial charge in [0.25, 0.3) is 5.92 Å². The summed E-state index contributed by atoms with van der Waals surface area (Å²) in [6.07, 6.45) is -1.34. The average molecular weight is 218 g/mol. The van der Waals surface area contributed by atoms with Crippen LogP contribution in [0.3, 0.4) is 0 Å². The molecule has 1 N–H and O–H groups in total. The van der Waals surface area contributed by atoms with Crippen molar-refractivity contribution in [2.75, 3.05) is 0 Å². The zero-order valence-corrected chi connectivity index (χ0v) is 7.93. The molecule has 0 saturated carbocycles. The van der Waals surface area contributed by atoms with Crippen LogP contribution in [0.25, 0.3) is 0 Å². The summed E-state index contributed by atoms with van der Waals surface area (Å²) in [6.45, 7) is 1.19. The highest BCUT2D eigenvalue weighted by atomic mass is 19.3. The first kappa shape index (κ1) is 11.6. The molecule has 0 aliphatic carbocycles. The fraction of sp³-hybridized carbons (Fsp3) is 0.300. The van der Waals surface area contributed by atoms with Crippen LogP contribution in [0.2, 0.25) is 0 Å². The van der Waals surface area contributed by atoms with E-state index < -0.39 is 29.7 Å². The van der Waals surface area contributed by atoms with Gasteiger partial charge in [0.2, 0.25) is 0 Å². The Hall–Kier alpha value is -1.52. The van der Waals surface area contributed by atoms with Gasteiger partial charge in [0.15, 0.2) is 0 Å². The van der Waals surface area contributed by atoms with Gasteiger partial charge in [-0.25, -0.2) is 13.2 Å². The molecule has 5 heteroatoms. The Balaban J connectivity index is 3.14. The maximum atomic E-state index is 13.3. The molecule has 15 heavy (non-hydrogen) atoms. The number of benzene rings is 1. The number of rotatable bonds is 3. The summed E-state index contributed by atoms with van der Waals surface area (Å²) in [5.74, 6) is -5.93. The van der Waals surface area contributed by atoms with E-state index in [1.807, 2.05) is 0 Å². The number of carboxylic acid groups (broad SMARTS) is 1. The summed E-state index contributed by atoms with van der Waals surface area (Å²) in [5.41, 5.74) is -0.798. The van der Waals surface area contributed by atoms with Crippen molar-refractivity contribution >= 4 is 5.97 Å². The summed E-state index contributed by atoms with van der Waals surface area (Å²) in [5, 5.41) is 8.30. The second kappa shape index (κ2) is 3.92. The van der Waals surface area contributed by atoms with Gasteiger partial charge in [0.05, 0.1) is 0 Å². The van der Waals surface area contributed by atoms with Gasteiger partial charge in [-0.1, -0.05) is 12.1 Å². The van der Waals surface area contributed by atoms with E-state index in [1.165, 1.54) is 6.92 Å². The van der Waals surface area contributed by atoms with Crippen molar-refractivity contribution in [2.24, 2.45) is 0 Å². The molecule has 0 aliphatic heterocycles. The predicted octanol–water partition coefficient (Wildman–Crippen LogP) is 2.70. The van der Waals surface area contributed by atoms with Gasteiger partial charge < -0.3 is 5.11 Å². The van der Waals surface area contributed by atoms with E-state index in [0.717, 1.165) is 18.2 Å². The maximum Gasteiger partial charge on any atom is 0.309 e. The van der Waals surface area contributed by atoms with Gasteiger partial charge in [-0.05, 0) is 18.6 Å². The third kappa shape index (κ3) is 2.49. The Morgan fingerprint density at radius 3 is 2.60 bits per heavy atom. The highest BCUT2D eigenvalue weighted by Gasteiger charge is 2.36. The molecule has 0 aromatic heterocycles. The van der Waals surface area contributed by atoms with Gasteiger partial charge in [-0.3, -0.25) is 4.79 Å². The Morgan fingerprint density at radius 1 is 1.47 bits per heavy atom. The van der Waals surface area contributed by atoms with Crippen LogP contribution >= 0.6 is 0 Å². The summed E-state index contributed by atoms with van der Waals surface area (Å²) >= 11 is 0. The van der Waals surface area contributed by atoms with Crippen molar-refractivity contribution in [3.63, 3.8) is 0 Å². The SMILES string of the molecule is Cc1c(F)cccc1C(F)(F)CC(=O)O. The number of hydrogen-bond donors (Lipinski definition) is 1. The number of alkyl halides is 2. The third-order valence-corrected chi connectivity index (χ3v) is 2.03. The van der Waals surface area contributed by atoms with E-state index in [1.54, 1.807) is 0 Å². The van der Waals surface area contributed by atoms with E-state index in [4.69, 9.17) is 5.11 Å². The van der Waals surface area contributed by atoms with Crippen LogP contribution in [0.1, 0.15) is 17.5 Å². The quantitative estimate of drug-likeness (QED) is 0.846. The Kier molecular flexibility index (Phi) is 3.02. The van der Waals surface area contributed by atoms with Crippen molar-refractivity contribution in [1.82, 2.24) is 0 Å². The van der Waals surface area contributed by atoms with Gasteiger partial charge in [0, 0.05) is 5.56 Å². The van der Waals surface area contributed by atoms with Crippen LogP contribution in [-0.2, 0) is 10.7 Å². The van der Waals surface area contributed by atoms with E-state index in [0.29, 0.717) is 0 Å². The second-order valence-electron chi connectivity index (χ2n) is 3.19. The summed E-state index contributed by atoms with van der Waals surface area (Å²) < 4.78 is 39.6. The number of aliphatic carboxylic acids is 1. The average Bonchev–Trinajstić information content (AvgIpc) is 2.07. The minimum atomic E-state index is -3.54. The van der Waals surface area contributed by atoms with Crippen molar-refractivity contribution < 1.29 is 23.1 Å². The Bertz CT molecular complexity index is 388. The lowest BCUT2D eigenvalue weighted by molar-refractivity contribution is -0.145. The zero-order valence-electron chi connectivity index (χ0n) is 7.93. The van der Waals surface area contributed by atoms with Gasteiger partial charge in [0.1, 0.15) is 12.2 Å². The first-order valence-electron chi connectivity index (χ1n) is 4.20. The lowest BCUT2D eigenvalue weighted by atomic mass is 10.00. The van der Waals surface area contributed by atoms with Gasteiger partial charge in [-0.15, -0.1) is 0 Å². The predicted molar refractivity (Wildman–Crippen MR) is 47.3 cm³/mol. The van der Waals surface area contributed by atoms with Crippen LogP contribution in [0, 0.1) is 12.7 Å². The molecule has 0 bridgehead atoms. The molecule has 1 aromatic rings. The minimum Gasteiger partial charge on any atom is -0.481 e. The first-order chi connectivity index (χ1) is 6.84. The third-order valence-electron chi connectivity index (χ3n) is 2.03. The van der Waals surface area contributed by atoms with E-state index >= 15 is 0 Å². The molecule has 0 unspecified atom stereocenters. The lowest BCUT2D eigenvalue weighted by Gasteiger charge is -2.16. The van der Waals surface area contributed by atoms with Crippen LogP contribution in [0.5, 0.6) is 0 Å². The zero-order chi connectivity index (χ0) is 11.6. The van der Waals surface area contributed by atoms with Gasteiger partial charge >= 0.3 is 5.97 Å². The standard InChI is InChI=1S/C10H9F3O2/c1-6-7(3-2-4-8(6)11)10(12,13)5-9(14)15/h2-4H,5H2,1H3,(H,14,15). The number of halogens is 3. The van der Waals surface area contributed by atoms with Crippen LogP contribution in [-0.4, -0.2) is 11.1 Å². The highest BCUT2D eigenvalue weighted by Crippen LogP contribution is 2.34. The normalized spacial score (nSPS) is 11.5. The molecular formula is C10H9F3O2. The van der Waals surface area contributed by atoms with Crippen molar-refractivity contribution in [2.45, 2.75) is 19.3 Å². The van der Waals surface area contributed by atoms with Crippen LogP contribution < -0.4 is 0 Å². The van der Waals surface area contributed by atoms with E-state index in [-0.39, 0.29) is 5.56 Å². The fourth-order valence-corrected chi connectivity index (χ4v) is 1.29. The van der Waals surface area contributed by atoms with Gasteiger partial charge in [-0.2, -0.15) is 0 Å². The molecule has 0 atom stereocenters. The number of carbonyl (C=O) groups is 1. The first-order valence-corrected chi connectivity index (χ1v) is 4.20. The Labute approximate surface area is 84.3 Å². The molecule has 0 aliphatic rings. The van der Waals surface area contributed by atoms with Crippen LogP contribution in [0.15, 0.2) is 18.2 Å². The molecule has 0 spiro atoms. The largest absolute Gasteiger partial charge is 0.481 e. The minimum absolute atomic E-state index is 0.219. The van der Waals surface area contributed by atoms with Crippen molar-refractivity contribution in [3.8, 4) is 0 Å². The Morgan fingerprint density at radius 2 is 2.07 bits per heavy atom. The molecule has 0 radical (unpaired) electrons. The number of hydrogen-bond acceptors (Lipinski definition) is 1. The van der Waals surface area contributed by atoms with Crippen LogP contribution in [0.4, 0.5) is 13.2 Å². The molecule has 82 valence electrons. The molecule has 0 amide bonds. The molecule has 0 fully saturated rings. The van der Waals surface area contributed by atoms with Crippen molar-refractivity contribution in [1.29, 1.82) is 0 Å². The molecular weight excluding hydrogens is 209 g/mol. The molecule has 0 saturated heterocycles. The smallest absolute Gasteiger partial charge is 0.309 e. The molecule has 2 nitrogen and oxygen atoms in total.